The second kappa shape index (κ2) is 7.48. The highest BCUT2D eigenvalue weighted by molar-refractivity contribution is 7.93. The van der Waals surface area contributed by atoms with Crippen LogP contribution < -0.4 is 14.2 Å². The Hall–Kier alpha value is -2.36. The number of methoxy groups -OCH3 is 2. The Morgan fingerprint density at radius 2 is 1.77 bits per heavy atom. The number of halogens is 1. The molecule has 0 spiro atoms. The van der Waals surface area contributed by atoms with Crippen LogP contribution in [0.2, 0.25) is 5.02 Å². The first-order chi connectivity index (χ1) is 12.4. The molecule has 0 saturated carbocycles. The number of nitrogens with zero attached hydrogens (tertiary/aromatic N) is 2. The topological polar surface area (TPSA) is 90.4 Å². The third kappa shape index (κ3) is 3.90. The van der Waals surface area contributed by atoms with E-state index in [9.17, 15) is 8.42 Å². The van der Waals surface area contributed by atoms with Crippen LogP contribution in [0.1, 0.15) is 0 Å². The molecule has 0 aliphatic heterocycles. The third-order valence-corrected chi connectivity index (χ3v) is 6.01. The molecule has 7 nitrogen and oxygen atoms in total. The molecule has 0 atom stereocenters. The smallest absolute Gasteiger partial charge is 0.267 e. The van der Waals surface area contributed by atoms with Gasteiger partial charge in [-0.1, -0.05) is 22.9 Å². The Labute approximate surface area is 159 Å². The summed E-state index contributed by atoms with van der Waals surface area (Å²) in [5.74, 6) is 0.897. The molecule has 1 heterocycles. The summed E-state index contributed by atoms with van der Waals surface area (Å²) in [5.41, 5.74) is 0.800. The van der Waals surface area contributed by atoms with Gasteiger partial charge in [-0.15, -0.1) is 10.2 Å². The van der Waals surface area contributed by atoms with Crippen molar-refractivity contribution in [2.75, 3.05) is 18.9 Å². The molecule has 0 aliphatic carbocycles. The molecule has 0 aliphatic rings. The summed E-state index contributed by atoms with van der Waals surface area (Å²) in [4.78, 5) is -0.0753. The summed E-state index contributed by atoms with van der Waals surface area (Å²) in [6.07, 6.45) is 0. The molecule has 10 heteroatoms. The molecule has 1 aromatic heterocycles. The number of aromatic nitrogens is 2. The van der Waals surface area contributed by atoms with Crippen molar-refractivity contribution in [3.8, 4) is 22.1 Å². The lowest BCUT2D eigenvalue weighted by Gasteiger charge is -2.09. The van der Waals surface area contributed by atoms with Gasteiger partial charge >= 0.3 is 0 Å². The van der Waals surface area contributed by atoms with Crippen LogP contribution in [0.3, 0.4) is 0 Å². The lowest BCUT2D eigenvalue weighted by atomic mass is 10.2. The minimum absolute atomic E-state index is 0.0753. The number of benzene rings is 2. The highest BCUT2D eigenvalue weighted by Crippen LogP contribution is 2.32. The zero-order valence-corrected chi connectivity index (χ0v) is 16.2. The first kappa shape index (κ1) is 18.4. The van der Waals surface area contributed by atoms with Gasteiger partial charge in [-0.2, -0.15) is 0 Å². The first-order valence-electron chi connectivity index (χ1n) is 7.27. The number of anilines is 1. The molecular weight excluding hydrogens is 398 g/mol. The molecule has 0 bridgehead atoms. The van der Waals surface area contributed by atoms with Crippen LogP contribution >= 0.6 is 22.9 Å². The van der Waals surface area contributed by atoms with E-state index in [1.54, 1.807) is 25.3 Å². The zero-order valence-electron chi connectivity index (χ0n) is 13.8. The van der Waals surface area contributed by atoms with Gasteiger partial charge < -0.3 is 9.47 Å². The van der Waals surface area contributed by atoms with Gasteiger partial charge in [0.25, 0.3) is 10.0 Å². The molecule has 2 aromatic carbocycles. The van der Waals surface area contributed by atoms with Crippen LogP contribution in [-0.4, -0.2) is 32.8 Å². The van der Waals surface area contributed by atoms with Gasteiger partial charge in [0.05, 0.1) is 14.2 Å². The van der Waals surface area contributed by atoms with Crippen molar-refractivity contribution in [2.45, 2.75) is 4.90 Å². The maximum atomic E-state index is 12.6. The third-order valence-electron chi connectivity index (χ3n) is 3.40. The van der Waals surface area contributed by atoms with Gasteiger partial charge in [0, 0.05) is 10.6 Å². The first-order valence-corrected chi connectivity index (χ1v) is 9.95. The Bertz CT molecular complexity index is 1020. The highest BCUT2D eigenvalue weighted by Gasteiger charge is 2.22. The molecule has 3 rings (SSSR count). The van der Waals surface area contributed by atoms with E-state index < -0.39 is 10.0 Å². The SMILES string of the molecule is COc1ccc(-c2nnc(NS(=O)(=O)c3cc(Cl)ccc3OC)s2)cc1. The van der Waals surface area contributed by atoms with Crippen molar-refractivity contribution < 1.29 is 17.9 Å². The maximum absolute atomic E-state index is 12.6. The van der Waals surface area contributed by atoms with Gasteiger partial charge in [0.1, 0.15) is 21.4 Å². The largest absolute Gasteiger partial charge is 0.497 e. The second-order valence-corrected chi connectivity index (χ2v) is 8.11. The summed E-state index contributed by atoms with van der Waals surface area (Å²) in [6, 6.07) is 11.6. The Morgan fingerprint density at radius 3 is 2.42 bits per heavy atom. The van der Waals surface area contributed by atoms with E-state index in [0.29, 0.717) is 10.8 Å². The predicted octanol–water partition coefficient (Wildman–Crippen LogP) is 3.68. The normalized spacial score (nSPS) is 11.2. The molecule has 0 saturated heterocycles. The van der Waals surface area contributed by atoms with E-state index >= 15 is 0 Å². The monoisotopic (exact) mass is 411 g/mol. The molecule has 3 aromatic rings. The van der Waals surface area contributed by atoms with Crippen molar-refractivity contribution in [2.24, 2.45) is 0 Å². The molecule has 0 radical (unpaired) electrons. The molecular formula is C16H14ClN3O4S2. The standard InChI is InChI=1S/C16H14ClN3O4S2/c1-23-12-6-3-10(4-7-12)15-18-19-16(25-15)20-26(21,22)14-9-11(17)5-8-13(14)24-2/h3-9H,1-2H3,(H,19,20). The average molecular weight is 412 g/mol. The minimum atomic E-state index is -3.93. The summed E-state index contributed by atoms with van der Waals surface area (Å²) in [7, 11) is -0.965. The summed E-state index contributed by atoms with van der Waals surface area (Å²) < 4.78 is 37.9. The van der Waals surface area contributed by atoms with Gasteiger partial charge in [-0.05, 0) is 42.5 Å². The van der Waals surface area contributed by atoms with E-state index in [1.165, 1.54) is 19.2 Å². The number of hydrogen-bond donors (Lipinski definition) is 1. The average Bonchev–Trinajstić information content (AvgIpc) is 3.09. The molecule has 0 unspecified atom stereocenters. The van der Waals surface area contributed by atoms with Crippen molar-refractivity contribution in [1.29, 1.82) is 0 Å². The fourth-order valence-electron chi connectivity index (χ4n) is 2.15. The maximum Gasteiger partial charge on any atom is 0.267 e. The van der Waals surface area contributed by atoms with E-state index in [1.807, 2.05) is 12.1 Å². The molecule has 0 fully saturated rings. The lowest BCUT2D eigenvalue weighted by molar-refractivity contribution is 0.403. The van der Waals surface area contributed by atoms with Crippen LogP contribution in [-0.2, 0) is 10.0 Å². The van der Waals surface area contributed by atoms with E-state index in [2.05, 4.69) is 14.9 Å². The van der Waals surface area contributed by atoms with Crippen molar-refractivity contribution in [3.05, 3.63) is 47.5 Å². The van der Waals surface area contributed by atoms with Crippen LogP contribution in [0.15, 0.2) is 47.4 Å². The molecule has 26 heavy (non-hydrogen) atoms. The quantitative estimate of drug-likeness (QED) is 0.665. The minimum Gasteiger partial charge on any atom is -0.497 e. The number of rotatable bonds is 6. The Morgan fingerprint density at radius 1 is 1.04 bits per heavy atom. The fourth-order valence-corrected chi connectivity index (χ4v) is 4.56. The molecule has 1 N–H and O–H groups in total. The molecule has 0 amide bonds. The van der Waals surface area contributed by atoms with E-state index in [-0.39, 0.29) is 20.8 Å². The van der Waals surface area contributed by atoms with Gasteiger partial charge in [-0.25, -0.2) is 8.42 Å². The number of sulfonamides is 1. The van der Waals surface area contributed by atoms with Crippen molar-refractivity contribution >= 4 is 38.1 Å². The number of nitrogens with one attached hydrogen (secondary N) is 1. The van der Waals surface area contributed by atoms with Gasteiger partial charge in [-0.3, -0.25) is 4.72 Å². The summed E-state index contributed by atoms with van der Waals surface area (Å²) in [6.45, 7) is 0. The van der Waals surface area contributed by atoms with Crippen molar-refractivity contribution in [3.63, 3.8) is 0 Å². The number of hydrogen-bond acceptors (Lipinski definition) is 7. The van der Waals surface area contributed by atoms with E-state index in [4.69, 9.17) is 21.1 Å². The second-order valence-electron chi connectivity index (χ2n) is 5.04. The van der Waals surface area contributed by atoms with E-state index in [0.717, 1.165) is 16.9 Å². The van der Waals surface area contributed by atoms with Crippen LogP contribution in [0.25, 0.3) is 10.6 Å². The van der Waals surface area contributed by atoms with Gasteiger partial charge in [0.15, 0.2) is 0 Å². The molecule has 136 valence electrons. The predicted molar refractivity (Wildman–Crippen MR) is 101 cm³/mol. The Kier molecular flexibility index (Phi) is 5.30. The Balaban J connectivity index is 1.87. The highest BCUT2D eigenvalue weighted by atomic mass is 35.5. The van der Waals surface area contributed by atoms with Crippen LogP contribution in [0.5, 0.6) is 11.5 Å². The van der Waals surface area contributed by atoms with Crippen molar-refractivity contribution in [1.82, 2.24) is 10.2 Å². The number of ether oxygens (including phenoxy) is 2. The summed E-state index contributed by atoms with van der Waals surface area (Å²) >= 11 is 7.02. The van der Waals surface area contributed by atoms with Crippen LogP contribution in [0, 0.1) is 0 Å². The lowest BCUT2D eigenvalue weighted by Crippen LogP contribution is -2.14. The fraction of sp³-hybridized carbons (Fsp3) is 0.125. The summed E-state index contributed by atoms with van der Waals surface area (Å²) in [5, 5.41) is 8.91. The van der Waals surface area contributed by atoms with Crippen LogP contribution in [0.4, 0.5) is 5.13 Å². The zero-order chi connectivity index (χ0) is 18.7. The van der Waals surface area contributed by atoms with Gasteiger partial charge in [0.2, 0.25) is 5.13 Å².